The molecule has 0 bridgehead atoms. The molecule has 1 fully saturated rings. The van der Waals surface area contributed by atoms with E-state index in [0.717, 1.165) is 13.1 Å². The maximum Gasteiger partial charge on any atom is 0.213 e. The molecule has 0 unspecified atom stereocenters. The Morgan fingerprint density at radius 2 is 1.70 bits per heavy atom. The third-order valence-electron chi connectivity index (χ3n) is 4.72. The summed E-state index contributed by atoms with van der Waals surface area (Å²) >= 11 is 0. The molecule has 1 aliphatic carbocycles. The predicted octanol–water partition coefficient (Wildman–Crippen LogP) is 3.10. The summed E-state index contributed by atoms with van der Waals surface area (Å²) in [5.74, 6) is 0.234. The molecule has 1 aromatic rings. The molecular weight excluding hydrogens is 308 g/mol. The number of hydrogen-bond acceptors (Lipinski definition) is 3. The fraction of sp³-hybridized carbons (Fsp3) is 0.667. The Hall–Kier alpha value is -0.910. The van der Waals surface area contributed by atoms with Gasteiger partial charge in [0, 0.05) is 26.7 Å². The van der Waals surface area contributed by atoms with Crippen molar-refractivity contribution >= 4 is 10.0 Å². The van der Waals surface area contributed by atoms with Gasteiger partial charge in [0.25, 0.3) is 0 Å². The number of benzene rings is 1. The van der Waals surface area contributed by atoms with Crippen LogP contribution in [0.25, 0.3) is 0 Å². The lowest BCUT2D eigenvalue weighted by Crippen LogP contribution is -2.38. The minimum absolute atomic E-state index is 0.234. The highest BCUT2D eigenvalue weighted by molar-refractivity contribution is 7.89. The first-order valence-corrected chi connectivity index (χ1v) is 10.3. The standard InChI is InChI=1S/C18H30N2O2S/c1-19(2)23(21,22)15-9-14-20(18-12-7-4-8-13-18)16-17-10-5-3-6-11-17/h3,5-6,10-11,18H,4,7-9,12-16H2,1-2H3. The van der Waals surface area contributed by atoms with Crippen molar-refractivity contribution in [3.63, 3.8) is 0 Å². The van der Waals surface area contributed by atoms with Crippen molar-refractivity contribution in [2.45, 2.75) is 51.1 Å². The van der Waals surface area contributed by atoms with Gasteiger partial charge in [-0.15, -0.1) is 0 Å². The van der Waals surface area contributed by atoms with Crippen molar-refractivity contribution in [2.24, 2.45) is 0 Å². The zero-order valence-electron chi connectivity index (χ0n) is 14.4. The van der Waals surface area contributed by atoms with E-state index < -0.39 is 10.0 Å². The summed E-state index contributed by atoms with van der Waals surface area (Å²) in [5, 5.41) is 0. The molecule has 5 heteroatoms. The molecule has 0 aliphatic heterocycles. The van der Waals surface area contributed by atoms with Gasteiger partial charge in [-0.05, 0) is 31.4 Å². The van der Waals surface area contributed by atoms with Crippen molar-refractivity contribution in [3.8, 4) is 0 Å². The lowest BCUT2D eigenvalue weighted by molar-refractivity contribution is 0.148. The van der Waals surface area contributed by atoms with Gasteiger partial charge in [-0.25, -0.2) is 12.7 Å². The fourth-order valence-electron chi connectivity index (χ4n) is 3.29. The first-order chi connectivity index (χ1) is 11.0. The molecule has 1 aromatic carbocycles. The van der Waals surface area contributed by atoms with E-state index in [1.165, 1.54) is 42.0 Å². The fourth-order valence-corrected chi connectivity index (χ4v) is 4.15. The Morgan fingerprint density at radius 3 is 2.30 bits per heavy atom. The van der Waals surface area contributed by atoms with Crippen LogP contribution in [0.2, 0.25) is 0 Å². The lowest BCUT2D eigenvalue weighted by atomic mass is 9.93. The molecule has 0 aromatic heterocycles. The monoisotopic (exact) mass is 338 g/mol. The number of hydrogen-bond donors (Lipinski definition) is 0. The molecule has 1 aliphatic rings. The van der Waals surface area contributed by atoms with Gasteiger partial charge in [0.2, 0.25) is 10.0 Å². The van der Waals surface area contributed by atoms with Gasteiger partial charge in [-0.1, -0.05) is 49.6 Å². The van der Waals surface area contributed by atoms with Crippen LogP contribution in [-0.2, 0) is 16.6 Å². The van der Waals surface area contributed by atoms with Crippen LogP contribution in [0, 0.1) is 0 Å². The van der Waals surface area contributed by atoms with Crippen molar-refractivity contribution < 1.29 is 8.42 Å². The molecule has 1 saturated carbocycles. The summed E-state index contributed by atoms with van der Waals surface area (Å²) < 4.78 is 25.2. The first kappa shape index (κ1) is 18.4. The second kappa shape index (κ2) is 8.81. The Labute approximate surface area is 141 Å². The molecule has 0 radical (unpaired) electrons. The quantitative estimate of drug-likeness (QED) is 0.731. The summed E-state index contributed by atoms with van der Waals surface area (Å²) in [6, 6.07) is 11.1. The summed E-state index contributed by atoms with van der Waals surface area (Å²) in [7, 11) is 0.128. The largest absolute Gasteiger partial charge is 0.296 e. The Kier molecular flexibility index (Phi) is 7.06. The molecular formula is C18H30N2O2S. The van der Waals surface area contributed by atoms with E-state index in [4.69, 9.17) is 0 Å². The second-order valence-electron chi connectivity index (χ2n) is 6.70. The topological polar surface area (TPSA) is 40.6 Å². The Bertz CT molecular complexity index is 552. The van der Waals surface area contributed by atoms with E-state index in [1.54, 1.807) is 14.1 Å². The molecule has 0 atom stereocenters. The van der Waals surface area contributed by atoms with Crippen molar-refractivity contribution in [3.05, 3.63) is 35.9 Å². The maximum atomic E-state index is 12.0. The summed E-state index contributed by atoms with van der Waals surface area (Å²) in [6.45, 7) is 1.78. The van der Waals surface area contributed by atoms with Gasteiger partial charge < -0.3 is 0 Å². The zero-order valence-corrected chi connectivity index (χ0v) is 15.3. The maximum absolute atomic E-state index is 12.0. The van der Waals surface area contributed by atoms with Crippen LogP contribution in [0.3, 0.4) is 0 Å². The molecule has 0 amide bonds. The van der Waals surface area contributed by atoms with E-state index in [-0.39, 0.29) is 5.75 Å². The first-order valence-electron chi connectivity index (χ1n) is 8.67. The van der Waals surface area contributed by atoms with Gasteiger partial charge in [-0.3, -0.25) is 4.90 Å². The normalized spacial score (nSPS) is 17.0. The van der Waals surface area contributed by atoms with Crippen LogP contribution in [0.15, 0.2) is 30.3 Å². The number of rotatable bonds is 8. The van der Waals surface area contributed by atoms with Crippen LogP contribution in [0.5, 0.6) is 0 Å². The minimum Gasteiger partial charge on any atom is -0.296 e. The molecule has 0 saturated heterocycles. The highest BCUT2D eigenvalue weighted by atomic mass is 32.2. The third kappa shape index (κ3) is 5.90. The smallest absolute Gasteiger partial charge is 0.213 e. The van der Waals surface area contributed by atoms with E-state index in [9.17, 15) is 8.42 Å². The van der Waals surface area contributed by atoms with Crippen LogP contribution < -0.4 is 0 Å². The molecule has 0 heterocycles. The van der Waals surface area contributed by atoms with Crippen LogP contribution in [0.1, 0.15) is 44.1 Å². The molecule has 23 heavy (non-hydrogen) atoms. The third-order valence-corrected chi connectivity index (χ3v) is 6.64. The van der Waals surface area contributed by atoms with Crippen molar-refractivity contribution in [1.82, 2.24) is 9.21 Å². The van der Waals surface area contributed by atoms with E-state index >= 15 is 0 Å². The van der Waals surface area contributed by atoms with Gasteiger partial charge in [0.15, 0.2) is 0 Å². The SMILES string of the molecule is CN(C)S(=O)(=O)CCCN(Cc1ccccc1)C1CCCCC1. The summed E-state index contributed by atoms with van der Waals surface area (Å²) in [4.78, 5) is 2.50. The molecule has 0 spiro atoms. The van der Waals surface area contributed by atoms with Gasteiger partial charge >= 0.3 is 0 Å². The van der Waals surface area contributed by atoms with Crippen LogP contribution in [-0.4, -0.2) is 50.1 Å². The highest BCUT2D eigenvalue weighted by Gasteiger charge is 2.22. The average Bonchev–Trinajstić information content (AvgIpc) is 2.55. The highest BCUT2D eigenvalue weighted by Crippen LogP contribution is 2.24. The van der Waals surface area contributed by atoms with E-state index in [2.05, 4.69) is 29.2 Å². The number of nitrogens with zero attached hydrogens (tertiary/aromatic N) is 2. The predicted molar refractivity (Wildman–Crippen MR) is 95.8 cm³/mol. The van der Waals surface area contributed by atoms with E-state index in [0.29, 0.717) is 12.5 Å². The average molecular weight is 339 g/mol. The Balaban J connectivity index is 1.96. The zero-order chi connectivity index (χ0) is 16.7. The summed E-state index contributed by atoms with van der Waals surface area (Å²) in [5.41, 5.74) is 1.31. The van der Waals surface area contributed by atoms with E-state index in [1.807, 2.05) is 6.07 Å². The van der Waals surface area contributed by atoms with Gasteiger partial charge in [-0.2, -0.15) is 0 Å². The molecule has 130 valence electrons. The lowest BCUT2D eigenvalue weighted by Gasteiger charge is -2.34. The van der Waals surface area contributed by atoms with Crippen molar-refractivity contribution in [2.75, 3.05) is 26.4 Å². The molecule has 2 rings (SSSR count). The van der Waals surface area contributed by atoms with Gasteiger partial charge in [0.1, 0.15) is 0 Å². The molecule has 4 nitrogen and oxygen atoms in total. The molecule has 0 N–H and O–H groups in total. The number of sulfonamides is 1. The second-order valence-corrected chi connectivity index (χ2v) is 9.00. The van der Waals surface area contributed by atoms with Crippen LogP contribution in [0.4, 0.5) is 0 Å². The van der Waals surface area contributed by atoms with Crippen molar-refractivity contribution in [1.29, 1.82) is 0 Å². The Morgan fingerprint density at radius 1 is 1.04 bits per heavy atom. The van der Waals surface area contributed by atoms with Gasteiger partial charge in [0.05, 0.1) is 5.75 Å². The minimum atomic E-state index is -3.09. The van der Waals surface area contributed by atoms with Crippen LogP contribution >= 0.6 is 0 Å². The summed E-state index contributed by atoms with van der Waals surface area (Å²) in [6.07, 6.45) is 7.12.